The first-order valence-corrected chi connectivity index (χ1v) is 11.4. The molecule has 29 heavy (non-hydrogen) atoms. The first-order valence-electron chi connectivity index (χ1n) is 11.4. The average molecular weight is 404 g/mol. The molecule has 2 fully saturated rings. The summed E-state index contributed by atoms with van der Waals surface area (Å²) in [5, 5.41) is 12.7. The highest BCUT2D eigenvalue weighted by atomic mass is 16.5. The average Bonchev–Trinajstić information content (AvgIpc) is 2.69. The predicted octanol–water partition coefficient (Wildman–Crippen LogP) is 5.09. The largest absolute Gasteiger partial charge is 0.396 e. The van der Waals surface area contributed by atoms with E-state index in [-0.39, 0.29) is 24.2 Å². The van der Waals surface area contributed by atoms with Gasteiger partial charge in [-0.15, -0.1) is 0 Å². The molecule has 4 nitrogen and oxygen atoms in total. The predicted molar refractivity (Wildman–Crippen MR) is 120 cm³/mol. The van der Waals surface area contributed by atoms with E-state index >= 15 is 0 Å². The maximum Gasteiger partial charge on any atom is 0.243 e. The molecule has 0 aromatic rings. The molecular weight excluding hydrogens is 362 g/mol. The summed E-state index contributed by atoms with van der Waals surface area (Å²) in [6, 6.07) is 0.330. The van der Waals surface area contributed by atoms with Gasteiger partial charge in [0.1, 0.15) is 0 Å². The fourth-order valence-corrected chi connectivity index (χ4v) is 4.57. The lowest BCUT2D eigenvalue weighted by atomic mass is 9.83. The van der Waals surface area contributed by atoms with Gasteiger partial charge in [-0.1, -0.05) is 36.8 Å². The number of aliphatic hydroxyl groups is 1. The Morgan fingerprint density at radius 2 is 1.90 bits per heavy atom. The number of hydrogen-bond donors (Lipinski definition) is 2. The van der Waals surface area contributed by atoms with Crippen LogP contribution in [-0.4, -0.2) is 35.4 Å². The minimum absolute atomic E-state index is 0.0488. The zero-order chi connectivity index (χ0) is 21.3. The molecule has 2 aliphatic rings. The molecule has 1 saturated heterocycles. The summed E-state index contributed by atoms with van der Waals surface area (Å²) < 4.78 is 6.15. The maximum absolute atomic E-state index is 11.8. The molecule has 1 saturated carbocycles. The summed E-state index contributed by atoms with van der Waals surface area (Å²) in [5.74, 6) is 1.08. The minimum atomic E-state index is -0.168. The van der Waals surface area contributed by atoms with Crippen LogP contribution >= 0.6 is 0 Å². The van der Waals surface area contributed by atoms with Crippen LogP contribution < -0.4 is 5.32 Å². The zero-order valence-corrected chi connectivity index (χ0v) is 18.8. The molecule has 1 unspecified atom stereocenters. The number of allylic oxidation sites excluding steroid dienone is 4. The van der Waals surface area contributed by atoms with E-state index in [4.69, 9.17) is 4.74 Å². The molecule has 0 aromatic carbocycles. The topological polar surface area (TPSA) is 58.6 Å². The Kier molecular flexibility index (Phi) is 9.64. The Labute approximate surface area is 177 Å². The molecule has 0 bridgehead atoms. The highest BCUT2D eigenvalue weighted by molar-refractivity contribution is 5.87. The van der Waals surface area contributed by atoms with Crippen LogP contribution in [0.1, 0.15) is 79.1 Å². The molecule has 1 amide bonds. The second kappa shape index (κ2) is 11.7. The van der Waals surface area contributed by atoms with E-state index in [0.29, 0.717) is 17.9 Å². The molecule has 2 rings (SSSR count). The molecule has 1 aliphatic heterocycles. The van der Waals surface area contributed by atoms with Crippen molar-refractivity contribution in [3.05, 3.63) is 36.0 Å². The van der Waals surface area contributed by atoms with Gasteiger partial charge in [0.2, 0.25) is 5.91 Å². The van der Waals surface area contributed by atoms with Crippen molar-refractivity contribution in [3.63, 3.8) is 0 Å². The zero-order valence-electron chi connectivity index (χ0n) is 18.8. The number of nitrogens with one attached hydrogen (secondary N) is 1. The molecule has 0 spiro atoms. The van der Waals surface area contributed by atoms with E-state index in [9.17, 15) is 9.90 Å². The van der Waals surface area contributed by atoms with Crippen molar-refractivity contribution in [2.45, 2.75) is 96.8 Å². The van der Waals surface area contributed by atoms with Crippen LogP contribution in [0.25, 0.3) is 0 Å². The van der Waals surface area contributed by atoms with E-state index in [1.165, 1.54) is 18.4 Å². The number of amides is 1. The van der Waals surface area contributed by atoms with Crippen LogP contribution in [0.15, 0.2) is 36.0 Å². The van der Waals surface area contributed by atoms with Gasteiger partial charge in [-0.3, -0.25) is 4.79 Å². The van der Waals surface area contributed by atoms with Crippen molar-refractivity contribution < 1.29 is 14.6 Å². The van der Waals surface area contributed by atoms with Crippen molar-refractivity contribution in [2.75, 3.05) is 6.61 Å². The van der Waals surface area contributed by atoms with Gasteiger partial charge in [0.05, 0.1) is 11.7 Å². The SMILES string of the molecule is CC/C=C\C(=O)N[C@H]1CC[C@@H](C/C=C(C)/C=C/[C@@H]2CC(CO)CC(C)(C)O2)CC1. The fourth-order valence-electron chi connectivity index (χ4n) is 4.57. The number of aliphatic hydroxyl groups excluding tert-OH is 1. The first-order chi connectivity index (χ1) is 13.8. The number of ether oxygens (including phenoxy) is 1. The van der Waals surface area contributed by atoms with Crippen molar-refractivity contribution >= 4 is 5.91 Å². The Morgan fingerprint density at radius 1 is 1.17 bits per heavy atom. The lowest BCUT2D eigenvalue weighted by Gasteiger charge is -2.39. The summed E-state index contributed by atoms with van der Waals surface area (Å²) in [6.45, 7) is 8.65. The number of carbonyl (C=O) groups excluding carboxylic acids is 1. The van der Waals surface area contributed by atoms with Gasteiger partial charge in [-0.25, -0.2) is 0 Å². The summed E-state index contributed by atoms with van der Waals surface area (Å²) in [6.07, 6.45) is 18.6. The Bertz CT molecular complexity index is 597. The van der Waals surface area contributed by atoms with Gasteiger partial charge in [-0.05, 0) is 90.0 Å². The third-order valence-electron chi connectivity index (χ3n) is 6.12. The monoisotopic (exact) mass is 403 g/mol. The normalized spacial score (nSPS) is 30.7. The molecule has 1 aliphatic carbocycles. The van der Waals surface area contributed by atoms with Crippen LogP contribution in [0, 0.1) is 11.8 Å². The lowest BCUT2D eigenvalue weighted by molar-refractivity contribution is -0.117. The molecule has 4 heteroatoms. The molecule has 164 valence electrons. The summed E-state index contributed by atoms with van der Waals surface area (Å²) >= 11 is 0. The highest BCUT2D eigenvalue weighted by Crippen LogP contribution is 2.33. The summed E-state index contributed by atoms with van der Waals surface area (Å²) in [5.41, 5.74) is 1.11. The van der Waals surface area contributed by atoms with Gasteiger partial charge in [0.15, 0.2) is 0 Å². The first kappa shape index (κ1) is 23.9. The van der Waals surface area contributed by atoms with E-state index in [1.54, 1.807) is 6.08 Å². The van der Waals surface area contributed by atoms with E-state index in [2.05, 4.69) is 44.3 Å². The molecule has 0 radical (unpaired) electrons. The smallest absolute Gasteiger partial charge is 0.243 e. The standard InChI is InChI=1S/C25H41NO3/c1-5-6-7-24(28)26-22-13-11-20(12-14-22)10-8-19(2)9-15-23-16-21(18-27)17-25(3,4)29-23/h6-9,15,20-23,27H,5,10-14,16-18H2,1-4H3,(H,26,28)/b7-6-,15-9+,19-8+/t20-,21?,22+,23-/m1/s1. The number of rotatable bonds is 8. The minimum Gasteiger partial charge on any atom is -0.396 e. The second-order valence-electron chi connectivity index (χ2n) is 9.48. The third kappa shape index (κ3) is 8.88. The Morgan fingerprint density at radius 3 is 2.55 bits per heavy atom. The van der Waals surface area contributed by atoms with Gasteiger partial charge in [-0.2, -0.15) is 0 Å². The van der Waals surface area contributed by atoms with Crippen LogP contribution in [-0.2, 0) is 9.53 Å². The van der Waals surface area contributed by atoms with Crippen molar-refractivity contribution in [2.24, 2.45) is 11.8 Å². The molecule has 2 atom stereocenters. The summed E-state index contributed by atoms with van der Waals surface area (Å²) in [4.78, 5) is 11.8. The molecule has 0 aromatic heterocycles. The van der Waals surface area contributed by atoms with Crippen LogP contribution in [0.2, 0.25) is 0 Å². The fraction of sp³-hybridized carbons (Fsp3) is 0.720. The van der Waals surface area contributed by atoms with E-state index < -0.39 is 0 Å². The third-order valence-corrected chi connectivity index (χ3v) is 6.12. The van der Waals surface area contributed by atoms with E-state index in [1.807, 2.05) is 13.0 Å². The maximum atomic E-state index is 11.8. The van der Waals surface area contributed by atoms with E-state index in [0.717, 1.165) is 38.5 Å². The quantitative estimate of drug-likeness (QED) is 0.438. The van der Waals surface area contributed by atoms with Gasteiger partial charge in [0, 0.05) is 12.6 Å². The van der Waals surface area contributed by atoms with Crippen molar-refractivity contribution in [1.29, 1.82) is 0 Å². The Hall–Kier alpha value is -1.39. The van der Waals surface area contributed by atoms with Crippen LogP contribution in [0.4, 0.5) is 0 Å². The molecular formula is C25H41NO3. The van der Waals surface area contributed by atoms with Crippen LogP contribution in [0.3, 0.4) is 0 Å². The lowest BCUT2D eigenvalue weighted by Crippen LogP contribution is -2.39. The van der Waals surface area contributed by atoms with Crippen molar-refractivity contribution in [1.82, 2.24) is 5.32 Å². The summed E-state index contributed by atoms with van der Waals surface area (Å²) in [7, 11) is 0. The van der Waals surface area contributed by atoms with Crippen LogP contribution in [0.5, 0.6) is 0 Å². The number of hydrogen-bond acceptors (Lipinski definition) is 3. The Balaban J connectivity index is 1.74. The van der Waals surface area contributed by atoms with Crippen molar-refractivity contribution in [3.8, 4) is 0 Å². The van der Waals surface area contributed by atoms with Gasteiger partial charge >= 0.3 is 0 Å². The van der Waals surface area contributed by atoms with Gasteiger partial charge in [0.25, 0.3) is 0 Å². The molecule has 2 N–H and O–H groups in total. The molecule has 1 heterocycles. The second-order valence-corrected chi connectivity index (χ2v) is 9.48. The van der Waals surface area contributed by atoms with Gasteiger partial charge < -0.3 is 15.2 Å². The highest BCUT2D eigenvalue weighted by Gasteiger charge is 2.33. The number of carbonyl (C=O) groups is 1.